The number of hydrogen-bond acceptors (Lipinski definition) is 9. The van der Waals surface area contributed by atoms with E-state index in [0.717, 1.165) is 11.3 Å². The molecule has 6 rings (SSSR count). The largest absolute Gasteiger partial charge is 0.485 e. The first kappa shape index (κ1) is 19.4. The molecular weight excluding hydrogens is 424 g/mol. The van der Waals surface area contributed by atoms with Crippen molar-refractivity contribution in [2.24, 2.45) is 7.05 Å². The van der Waals surface area contributed by atoms with Gasteiger partial charge in [-0.3, -0.25) is 4.68 Å². The number of aromatic nitrogens is 5. The van der Waals surface area contributed by atoms with Crippen molar-refractivity contribution < 1.29 is 14.2 Å². The Bertz CT molecular complexity index is 1400. The van der Waals surface area contributed by atoms with Gasteiger partial charge in [-0.05, 0) is 18.2 Å². The van der Waals surface area contributed by atoms with E-state index in [-0.39, 0.29) is 6.04 Å². The van der Waals surface area contributed by atoms with Crippen LogP contribution in [0.25, 0.3) is 22.3 Å². The summed E-state index contributed by atoms with van der Waals surface area (Å²) in [7, 11) is 1.88. The van der Waals surface area contributed by atoms with Crippen LogP contribution in [-0.4, -0.2) is 57.2 Å². The number of nitrogens with one attached hydrogen (secondary N) is 3. The molecule has 166 valence electrons. The maximum absolute atomic E-state index is 9.48. The van der Waals surface area contributed by atoms with E-state index in [9.17, 15) is 5.26 Å². The minimum Gasteiger partial charge on any atom is -0.485 e. The van der Waals surface area contributed by atoms with Gasteiger partial charge in [0.2, 0.25) is 5.95 Å². The molecule has 2 aliphatic heterocycles. The molecule has 1 fully saturated rings. The molecule has 33 heavy (non-hydrogen) atoms. The summed E-state index contributed by atoms with van der Waals surface area (Å²) in [5.41, 5.74) is 3.53. The van der Waals surface area contributed by atoms with E-state index in [1.54, 1.807) is 17.1 Å². The van der Waals surface area contributed by atoms with Gasteiger partial charge in [-0.25, -0.2) is 0 Å². The van der Waals surface area contributed by atoms with E-state index in [2.05, 4.69) is 36.8 Å². The molecule has 0 radical (unpaired) electrons. The Morgan fingerprint density at radius 2 is 2.00 bits per heavy atom. The zero-order valence-electron chi connectivity index (χ0n) is 17.8. The number of aryl methyl sites for hydroxylation is 1. The molecule has 5 heterocycles. The Hall–Kier alpha value is -4.30. The molecular formula is C22H20N8O3. The molecule has 0 aliphatic carbocycles. The number of hydrogen-bond donors (Lipinski definition) is 3. The summed E-state index contributed by atoms with van der Waals surface area (Å²) in [4.78, 5) is 12.3. The molecule has 0 unspecified atom stereocenters. The first-order valence-electron chi connectivity index (χ1n) is 10.5. The summed E-state index contributed by atoms with van der Waals surface area (Å²) in [5, 5.41) is 21.0. The van der Waals surface area contributed by atoms with E-state index < -0.39 is 0 Å². The van der Waals surface area contributed by atoms with Gasteiger partial charge < -0.3 is 29.8 Å². The minimum absolute atomic E-state index is 0.139. The molecule has 0 amide bonds. The second-order valence-corrected chi connectivity index (χ2v) is 7.79. The van der Waals surface area contributed by atoms with Crippen LogP contribution in [0.1, 0.15) is 5.56 Å². The van der Waals surface area contributed by atoms with Crippen molar-refractivity contribution in [1.82, 2.24) is 24.7 Å². The van der Waals surface area contributed by atoms with Crippen molar-refractivity contribution in [2.75, 3.05) is 37.1 Å². The van der Waals surface area contributed by atoms with Crippen molar-refractivity contribution in [3.8, 4) is 28.8 Å². The molecule has 0 atom stereocenters. The van der Waals surface area contributed by atoms with Crippen molar-refractivity contribution in [1.29, 1.82) is 5.26 Å². The fraction of sp³-hybridized carbons (Fsp3) is 0.273. The fourth-order valence-electron chi connectivity index (χ4n) is 3.99. The van der Waals surface area contributed by atoms with Crippen molar-refractivity contribution in [2.45, 2.75) is 6.04 Å². The number of ether oxygens (including phenoxy) is 3. The lowest BCUT2D eigenvalue weighted by atomic mass is 10.1. The SMILES string of the molecule is Cn1nccc1-c1ccc(Nc2nc(NC3COC3)c3c(C#N)c[nH]c3n2)c2c1OCCO2. The molecule has 3 aromatic heterocycles. The Kier molecular flexibility index (Phi) is 4.51. The molecule has 1 saturated heterocycles. The highest BCUT2D eigenvalue weighted by molar-refractivity contribution is 5.94. The van der Waals surface area contributed by atoms with Crippen LogP contribution < -0.4 is 20.1 Å². The highest BCUT2D eigenvalue weighted by Gasteiger charge is 2.25. The van der Waals surface area contributed by atoms with Crippen molar-refractivity contribution in [3.05, 3.63) is 36.2 Å². The lowest BCUT2D eigenvalue weighted by Gasteiger charge is -2.27. The van der Waals surface area contributed by atoms with E-state index in [1.807, 2.05) is 25.2 Å². The fourth-order valence-corrected chi connectivity index (χ4v) is 3.99. The Labute approximate surface area is 188 Å². The van der Waals surface area contributed by atoms with Crippen LogP contribution in [0.4, 0.5) is 17.5 Å². The van der Waals surface area contributed by atoms with Gasteiger partial charge in [0.1, 0.15) is 30.7 Å². The third-order valence-corrected chi connectivity index (χ3v) is 5.66. The highest BCUT2D eigenvalue weighted by atomic mass is 16.6. The van der Waals surface area contributed by atoms with Crippen LogP contribution in [-0.2, 0) is 11.8 Å². The van der Waals surface area contributed by atoms with Crippen LogP contribution >= 0.6 is 0 Å². The topological polar surface area (TPSA) is 135 Å². The Morgan fingerprint density at radius 3 is 2.73 bits per heavy atom. The number of nitriles is 1. The van der Waals surface area contributed by atoms with Crippen LogP contribution in [0.15, 0.2) is 30.6 Å². The summed E-state index contributed by atoms with van der Waals surface area (Å²) < 4.78 is 19.0. The highest BCUT2D eigenvalue weighted by Crippen LogP contribution is 2.45. The molecule has 4 aromatic rings. The number of fused-ring (bicyclic) bond motifs is 2. The summed E-state index contributed by atoms with van der Waals surface area (Å²) in [6, 6.07) is 8.12. The molecule has 0 bridgehead atoms. The van der Waals surface area contributed by atoms with Gasteiger partial charge in [0.15, 0.2) is 11.5 Å². The van der Waals surface area contributed by atoms with Crippen LogP contribution in [0.5, 0.6) is 11.5 Å². The molecule has 11 heteroatoms. The minimum atomic E-state index is 0.139. The quantitative estimate of drug-likeness (QED) is 0.424. The van der Waals surface area contributed by atoms with Crippen LogP contribution in [0.3, 0.4) is 0 Å². The van der Waals surface area contributed by atoms with Gasteiger partial charge in [0.25, 0.3) is 0 Å². The molecule has 2 aliphatic rings. The third-order valence-electron chi connectivity index (χ3n) is 5.66. The number of benzene rings is 1. The first-order valence-corrected chi connectivity index (χ1v) is 10.5. The van der Waals surface area contributed by atoms with Crippen molar-refractivity contribution >= 4 is 28.5 Å². The van der Waals surface area contributed by atoms with E-state index in [0.29, 0.717) is 72.0 Å². The average Bonchev–Trinajstić information content (AvgIpc) is 3.42. The van der Waals surface area contributed by atoms with Crippen LogP contribution in [0, 0.1) is 11.3 Å². The second-order valence-electron chi connectivity index (χ2n) is 7.79. The number of rotatable bonds is 5. The zero-order chi connectivity index (χ0) is 22.4. The summed E-state index contributed by atoms with van der Waals surface area (Å²) >= 11 is 0. The maximum Gasteiger partial charge on any atom is 0.231 e. The monoisotopic (exact) mass is 444 g/mol. The van der Waals surface area contributed by atoms with Gasteiger partial charge in [-0.2, -0.15) is 20.3 Å². The standard InChI is InChI=1S/C22H20N8O3/c1-30-16(4-5-25-30)14-2-3-15(19-18(14)32-6-7-33-19)27-22-28-20-17(12(8-23)9-24-20)21(29-22)26-13-10-31-11-13/h2-5,9,13H,6-7,10-11H2,1H3,(H3,24,26,27,28,29). The van der Waals surface area contributed by atoms with E-state index in [1.165, 1.54) is 0 Å². The Morgan fingerprint density at radius 1 is 1.15 bits per heavy atom. The summed E-state index contributed by atoms with van der Waals surface area (Å²) in [6.45, 7) is 2.08. The number of anilines is 3. The smallest absolute Gasteiger partial charge is 0.231 e. The predicted octanol–water partition coefficient (Wildman–Crippen LogP) is 2.56. The third kappa shape index (κ3) is 3.28. The normalized spacial score (nSPS) is 15.2. The molecule has 11 nitrogen and oxygen atoms in total. The van der Waals surface area contributed by atoms with Crippen molar-refractivity contribution in [3.63, 3.8) is 0 Å². The Balaban J connectivity index is 1.41. The molecule has 0 spiro atoms. The summed E-state index contributed by atoms with van der Waals surface area (Å²) in [5.74, 6) is 2.18. The van der Waals surface area contributed by atoms with Gasteiger partial charge in [-0.15, -0.1) is 0 Å². The molecule has 0 saturated carbocycles. The number of aromatic amines is 1. The van der Waals surface area contributed by atoms with Gasteiger partial charge in [-0.1, -0.05) is 0 Å². The van der Waals surface area contributed by atoms with Gasteiger partial charge >= 0.3 is 0 Å². The zero-order valence-corrected chi connectivity index (χ0v) is 17.8. The molecule has 1 aromatic carbocycles. The number of H-pyrrole nitrogens is 1. The van der Waals surface area contributed by atoms with E-state index >= 15 is 0 Å². The second kappa shape index (κ2) is 7.68. The van der Waals surface area contributed by atoms with E-state index in [4.69, 9.17) is 14.2 Å². The lowest BCUT2D eigenvalue weighted by Crippen LogP contribution is -2.40. The predicted molar refractivity (Wildman–Crippen MR) is 120 cm³/mol. The maximum atomic E-state index is 9.48. The summed E-state index contributed by atoms with van der Waals surface area (Å²) in [6.07, 6.45) is 3.38. The van der Waals surface area contributed by atoms with Gasteiger partial charge in [0, 0.05) is 25.0 Å². The number of nitrogens with zero attached hydrogens (tertiary/aromatic N) is 5. The molecule has 3 N–H and O–H groups in total. The van der Waals surface area contributed by atoms with Crippen LogP contribution in [0.2, 0.25) is 0 Å². The first-order chi connectivity index (χ1) is 16.2. The lowest BCUT2D eigenvalue weighted by molar-refractivity contribution is 0.0210. The van der Waals surface area contributed by atoms with Gasteiger partial charge in [0.05, 0.1) is 41.6 Å². The average molecular weight is 444 g/mol.